The number of urea groups is 1. The SMILES string of the molecule is CCCC1(CCC)NC(=O)N(CC(=O)NCC(F)(F)F)C1=O. The van der Waals surface area contributed by atoms with E-state index in [0.29, 0.717) is 30.6 Å². The van der Waals surface area contributed by atoms with Gasteiger partial charge in [0.1, 0.15) is 18.6 Å². The summed E-state index contributed by atoms with van der Waals surface area (Å²) >= 11 is 0. The Hall–Kier alpha value is -1.80. The van der Waals surface area contributed by atoms with E-state index in [1.54, 1.807) is 5.32 Å². The highest BCUT2D eigenvalue weighted by Crippen LogP contribution is 2.27. The molecular weight excluding hydrogens is 303 g/mol. The fraction of sp³-hybridized carbons (Fsp3) is 0.769. The van der Waals surface area contributed by atoms with Crippen molar-refractivity contribution in [2.24, 2.45) is 0 Å². The van der Waals surface area contributed by atoms with Gasteiger partial charge >= 0.3 is 12.2 Å². The molecule has 0 bridgehead atoms. The average molecular weight is 323 g/mol. The maximum Gasteiger partial charge on any atom is 0.405 e. The topological polar surface area (TPSA) is 78.5 Å². The third-order valence-electron chi connectivity index (χ3n) is 3.39. The number of carbonyl (C=O) groups is 3. The monoisotopic (exact) mass is 323 g/mol. The summed E-state index contributed by atoms with van der Waals surface area (Å²) < 4.78 is 36.1. The zero-order valence-corrected chi connectivity index (χ0v) is 12.5. The molecule has 1 rings (SSSR count). The molecule has 0 unspecified atom stereocenters. The van der Waals surface area contributed by atoms with E-state index < -0.39 is 42.7 Å². The molecule has 0 aromatic heterocycles. The molecule has 2 N–H and O–H groups in total. The molecule has 0 atom stereocenters. The van der Waals surface area contributed by atoms with Gasteiger partial charge < -0.3 is 10.6 Å². The maximum absolute atomic E-state index is 12.4. The van der Waals surface area contributed by atoms with Gasteiger partial charge in [0.05, 0.1) is 0 Å². The van der Waals surface area contributed by atoms with Crippen molar-refractivity contribution in [1.82, 2.24) is 15.5 Å². The molecule has 0 spiro atoms. The number of hydrogen-bond donors (Lipinski definition) is 2. The second kappa shape index (κ2) is 6.97. The zero-order chi connectivity index (χ0) is 17.0. The number of nitrogens with one attached hydrogen (secondary N) is 2. The molecule has 4 amide bonds. The first kappa shape index (κ1) is 18.2. The zero-order valence-electron chi connectivity index (χ0n) is 12.5. The molecule has 1 fully saturated rings. The number of halogens is 3. The number of hydrogen-bond acceptors (Lipinski definition) is 3. The molecule has 0 radical (unpaired) electrons. The minimum Gasteiger partial charge on any atom is -0.345 e. The lowest BCUT2D eigenvalue weighted by atomic mass is 9.88. The summed E-state index contributed by atoms with van der Waals surface area (Å²) in [4.78, 5) is 36.4. The number of nitrogens with zero attached hydrogens (tertiary/aromatic N) is 1. The number of rotatable bonds is 7. The van der Waals surface area contributed by atoms with Crippen molar-refractivity contribution in [2.75, 3.05) is 13.1 Å². The van der Waals surface area contributed by atoms with Crippen LogP contribution in [0.3, 0.4) is 0 Å². The van der Waals surface area contributed by atoms with E-state index in [-0.39, 0.29) is 0 Å². The molecule has 1 aliphatic rings. The molecule has 9 heteroatoms. The van der Waals surface area contributed by atoms with Crippen LogP contribution in [-0.4, -0.2) is 47.6 Å². The lowest BCUT2D eigenvalue weighted by molar-refractivity contribution is -0.141. The van der Waals surface area contributed by atoms with Crippen molar-refractivity contribution in [3.05, 3.63) is 0 Å². The largest absolute Gasteiger partial charge is 0.405 e. The summed E-state index contributed by atoms with van der Waals surface area (Å²) in [5.41, 5.74) is -1.05. The van der Waals surface area contributed by atoms with Crippen LogP contribution in [0, 0.1) is 0 Å². The van der Waals surface area contributed by atoms with Crippen LogP contribution in [0.4, 0.5) is 18.0 Å². The molecule has 1 aliphatic heterocycles. The second-order valence-corrected chi connectivity index (χ2v) is 5.30. The third kappa shape index (κ3) is 4.35. The van der Waals surface area contributed by atoms with Crippen LogP contribution in [0.25, 0.3) is 0 Å². The maximum atomic E-state index is 12.4. The highest BCUT2D eigenvalue weighted by atomic mass is 19.4. The van der Waals surface area contributed by atoms with E-state index >= 15 is 0 Å². The van der Waals surface area contributed by atoms with Gasteiger partial charge in [-0.25, -0.2) is 4.79 Å². The minimum absolute atomic E-state index is 0.423. The smallest absolute Gasteiger partial charge is 0.345 e. The quantitative estimate of drug-likeness (QED) is 0.698. The van der Waals surface area contributed by atoms with Crippen LogP contribution in [-0.2, 0) is 9.59 Å². The summed E-state index contributed by atoms with van der Waals surface area (Å²) in [6.45, 7) is 1.51. The van der Waals surface area contributed by atoms with Gasteiger partial charge in [-0.05, 0) is 12.8 Å². The number of imide groups is 1. The van der Waals surface area contributed by atoms with Gasteiger partial charge in [0.25, 0.3) is 5.91 Å². The number of carbonyl (C=O) groups excluding carboxylic acids is 3. The van der Waals surface area contributed by atoms with Crippen molar-refractivity contribution in [3.8, 4) is 0 Å². The van der Waals surface area contributed by atoms with Gasteiger partial charge in [-0.1, -0.05) is 26.7 Å². The predicted octanol–water partition coefficient (Wildman–Crippen LogP) is 1.56. The summed E-state index contributed by atoms with van der Waals surface area (Å²) in [5.74, 6) is -1.58. The van der Waals surface area contributed by atoms with Crippen LogP contribution < -0.4 is 10.6 Å². The van der Waals surface area contributed by atoms with Crippen molar-refractivity contribution in [2.45, 2.75) is 51.2 Å². The minimum atomic E-state index is -4.54. The van der Waals surface area contributed by atoms with Gasteiger partial charge in [-0.3, -0.25) is 14.5 Å². The fourth-order valence-corrected chi connectivity index (χ4v) is 2.54. The lowest BCUT2D eigenvalue weighted by Crippen LogP contribution is -2.48. The fourth-order valence-electron chi connectivity index (χ4n) is 2.54. The first-order chi connectivity index (χ1) is 10.1. The van der Waals surface area contributed by atoms with Crippen molar-refractivity contribution in [1.29, 1.82) is 0 Å². The van der Waals surface area contributed by atoms with E-state index in [1.807, 2.05) is 13.8 Å². The van der Waals surface area contributed by atoms with E-state index in [9.17, 15) is 27.6 Å². The van der Waals surface area contributed by atoms with Crippen LogP contribution in [0.5, 0.6) is 0 Å². The molecule has 0 aromatic rings. The Morgan fingerprint density at radius 1 is 1.23 bits per heavy atom. The summed E-state index contributed by atoms with van der Waals surface area (Å²) in [6.07, 6.45) is -2.39. The first-order valence-corrected chi connectivity index (χ1v) is 7.12. The Labute approximate surface area is 126 Å². The van der Waals surface area contributed by atoms with Gasteiger partial charge in [0.2, 0.25) is 5.91 Å². The van der Waals surface area contributed by atoms with Crippen LogP contribution in [0.1, 0.15) is 39.5 Å². The third-order valence-corrected chi connectivity index (χ3v) is 3.39. The van der Waals surface area contributed by atoms with E-state index in [4.69, 9.17) is 0 Å². The van der Waals surface area contributed by atoms with Gasteiger partial charge in [-0.2, -0.15) is 13.2 Å². The first-order valence-electron chi connectivity index (χ1n) is 7.12. The Bertz CT molecular complexity index is 446. The molecule has 0 saturated carbocycles. The normalized spacial score (nSPS) is 17.6. The van der Waals surface area contributed by atoms with Gasteiger partial charge in [0.15, 0.2) is 0 Å². The standard InChI is InChI=1S/C13H20F3N3O3/c1-3-5-12(6-4-2)10(21)19(11(22)18-12)7-9(20)17-8-13(14,15)16/h3-8H2,1-2H3,(H,17,20)(H,18,22). The Morgan fingerprint density at radius 2 is 1.77 bits per heavy atom. The molecule has 22 heavy (non-hydrogen) atoms. The van der Waals surface area contributed by atoms with Gasteiger partial charge in [0, 0.05) is 0 Å². The molecule has 1 saturated heterocycles. The predicted molar refractivity (Wildman–Crippen MR) is 71.9 cm³/mol. The van der Waals surface area contributed by atoms with Crippen LogP contribution >= 0.6 is 0 Å². The van der Waals surface area contributed by atoms with E-state index in [0.717, 1.165) is 0 Å². The summed E-state index contributed by atoms with van der Waals surface area (Å²) in [6, 6.07) is -0.742. The Balaban J connectivity index is 2.73. The summed E-state index contributed by atoms with van der Waals surface area (Å²) in [5, 5.41) is 4.23. The number of alkyl halides is 3. The van der Waals surface area contributed by atoms with Gasteiger partial charge in [-0.15, -0.1) is 0 Å². The molecule has 0 aromatic carbocycles. The van der Waals surface area contributed by atoms with Crippen molar-refractivity contribution in [3.63, 3.8) is 0 Å². The van der Waals surface area contributed by atoms with Crippen LogP contribution in [0.2, 0.25) is 0 Å². The van der Waals surface area contributed by atoms with E-state index in [2.05, 4.69) is 5.32 Å². The Kier molecular flexibility index (Phi) is 5.78. The van der Waals surface area contributed by atoms with Crippen LogP contribution in [0.15, 0.2) is 0 Å². The highest BCUT2D eigenvalue weighted by molar-refractivity contribution is 6.09. The lowest BCUT2D eigenvalue weighted by Gasteiger charge is -2.25. The summed E-state index contributed by atoms with van der Waals surface area (Å²) in [7, 11) is 0. The molecule has 1 heterocycles. The second-order valence-electron chi connectivity index (χ2n) is 5.30. The van der Waals surface area contributed by atoms with Crippen molar-refractivity contribution >= 4 is 17.8 Å². The molecule has 126 valence electrons. The molecular formula is C13H20F3N3O3. The van der Waals surface area contributed by atoms with Crippen molar-refractivity contribution < 1.29 is 27.6 Å². The highest BCUT2D eigenvalue weighted by Gasteiger charge is 2.50. The molecule has 0 aliphatic carbocycles. The molecule has 6 nitrogen and oxygen atoms in total. The average Bonchev–Trinajstić information content (AvgIpc) is 2.61. The number of amides is 4. The Morgan fingerprint density at radius 3 is 2.23 bits per heavy atom. The van der Waals surface area contributed by atoms with E-state index in [1.165, 1.54) is 0 Å².